The van der Waals surface area contributed by atoms with Gasteiger partial charge in [0, 0.05) is 18.0 Å². The molecule has 1 saturated heterocycles. The smallest absolute Gasteiger partial charge is 0.253 e. The number of amides is 2. The lowest BCUT2D eigenvalue weighted by Gasteiger charge is -2.30. The van der Waals surface area contributed by atoms with Gasteiger partial charge in [0.2, 0.25) is 17.6 Å². The Bertz CT molecular complexity index is 1150. The van der Waals surface area contributed by atoms with E-state index in [9.17, 15) is 14.0 Å². The van der Waals surface area contributed by atoms with Crippen molar-refractivity contribution in [3.8, 4) is 11.4 Å². The SMILES string of the molecule is CC(C)CNC(=O)c1ccccc1NC(=O)C1CCN(Cc2nc(-c3ccc(F)cc3)no2)CC1. The molecule has 0 bridgehead atoms. The lowest BCUT2D eigenvalue weighted by atomic mass is 9.95. The molecule has 0 saturated carbocycles. The topological polar surface area (TPSA) is 100 Å². The van der Waals surface area contributed by atoms with Crippen LogP contribution in [0.25, 0.3) is 11.4 Å². The number of para-hydroxylation sites is 1. The van der Waals surface area contributed by atoms with Gasteiger partial charge in [-0.15, -0.1) is 0 Å². The minimum Gasteiger partial charge on any atom is -0.352 e. The molecule has 1 aliphatic heterocycles. The molecule has 0 aliphatic carbocycles. The summed E-state index contributed by atoms with van der Waals surface area (Å²) < 4.78 is 18.5. The van der Waals surface area contributed by atoms with E-state index in [1.54, 1.807) is 30.3 Å². The zero-order valence-electron chi connectivity index (χ0n) is 20.0. The molecule has 1 aromatic heterocycles. The van der Waals surface area contributed by atoms with Crippen molar-refractivity contribution in [3.05, 3.63) is 65.8 Å². The summed E-state index contributed by atoms with van der Waals surface area (Å²) in [7, 11) is 0. The summed E-state index contributed by atoms with van der Waals surface area (Å²) in [5.41, 5.74) is 1.68. The Balaban J connectivity index is 1.29. The Morgan fingerprint density at radius 1 is 1.11 bits per heavy atom. The van der Waals surface area contributed by atoms with Crippen LogP contribution in [0.1, 0.15) is 42.9 Å². The van der Waals surface area contributed by atoms with Gasteiger partial charge in [0.1, 0.15) is 5.82 Å². The van der Waals surface area contributed by atoms with Crippen LogP contribution in [0.2, 0.25) is 0 Å². The van der Waals surface area contributed by atoms with Gasteiger partial charge in [0.25, 0.3) is 5.91 Å². The Hall–Kier alpha value is -3.59. The lowest BCUT2D eigenvalue weighted by molar-refractivity contribution is -0.121. The van der Waals surface area contributed by atoms with Gasteiger partial charge in [0.15, 0.2) is 0 Å². The van der Waals surface area contributed by atoms with Crippen LogP contribution in [-0.2, 0) is 11.3 Å². The van der Waals surface area contributed by atoms with Gasteiger partial charge < -0.3 is 15.2 Å². The number of hydrogen-bond acceptors (Lipinski definition) is 6. The van der Waals surface area contributed by atoms with Crippen LogP contribution >= 0.6 is 0 Å². The minimum atomic E-state index is -0.317. The van der Waals surface area contributed by atoms with Gasteiger partial charge >= 0.3 is 0 Å². The summed E-state index contributed by atoms with van der Waals surface area (Å²) >= 11 is 0. The average Bonchev–Trinajstić information content (AvgIpc) is 3.32. The highest BCUT2D eigenvalue weighted by Gasteiger charge is 2.27. The van der Waals surface area contributed by atoms with E-state index in [0.29, 0.717) is 73.5 Å². The molecule has 2 heterocycles. The van der Waals surface area contributed by atoms with Crippen LogP contribution in [0.15, 0.2) is 53.1 Å². The number of anilines is 1. The summed E-state index contributed by atoms with van der Waals surface area (Å²) in [6.45, 7) is 6.55. The second-order valence-corrected chi connectivity index (χ2v) is 9.21. The predicted molar refractivity (Wildman–Crippen MR) is 130 cm³/mol. The standard InChI is InChI=1S/C26H30FN5O3/c1-17(2)15-28-26(34)21-5-3-4-6-22(21)29-25(33)19-11-13-32(14-12-19)16-23-30-24(31-35-23)18-7-9-20(27)10-8-18/h3-10,17,19H,11-16H2,1-2H3,(H,28,34)(H,29,33). The Labute approximate surface area is 203 Å². The van der Waals surface area contributed by atoms with Gasteiger partial charge in [-0.1, -0.05) is 31.1 Å². The molecule has 3 aromatic rings. The van der Waals surface area contributed by atoms with Crippen molar-refractivity contribution >= 4 is 17.5 Å². The van der Waals surface area contributed by atoms with E-state index in [-0.39, 0.29) is 23.5 Å². The molecule has 2 amide bonds. The van der Waals surface area contributed by atoms with Crippen molar-refractivity contribution in [2.45, 2.75) is 33.2 Å². The highest BCUT2D eigenvalue weighted by atomic mass is 19.1. The average molecular weight is 480 g/mol. The molecular weight excluding hydrogens is 449 g/mol. The maximum absolute atomic E-state index is 13.1. The minimum absolute atomic E-state index is 0.0786. The molecule has 2 N–H and O–H groups in total. The lowest BCUT2D eigenvalue weighted by Crippen LogP contribution is -2.38. The molecule has 1 fully saturated rings. The quantitative estimate of drug-likeness (QED) is 0.504. The predicted octanol–water partition coefficient (Wildman–Crippen LogP) is 4.11. The fraction of sp³-hybridized carbons (Fsp3) is 0.385. The molecule has 4 rings (SSSR count). The second kappa shape index (κ2) is 11.2. The number of nitrogens with zero attached hydrogens (tertiary/aromatic N) is 3. The van der Waals surface area contributed by atoms with Crippen LogP contribution < -0.4 is 10.6 Å². The van der Waals surface area contributed by atoms with Crippen LogP contribution in [-0.4, -0.2) is 46.5 Å². The number of likely N-dealkylation sites (tertiary alicyclic amines) is 1. The third kappa shape index (κ3) is 6.51. The second-order valence-electron chi connectivity index (χ2n) is 9.21. The van der Waals surface area contributed by atoms with Crippen molar-refractivity contribution in [3.63, 3.8) is 0 Å². The Kier molecular flexibility index (Phi) is 7.87. The van der Waals surface area contributed by atoms with Crippen molar-refractivity contribution in [1.82, 2.24) is 20.4 Å². The number of carbonyl (C=O) groups is 2. The van der Waals surface area contributed by atoms with E-state index in [0.717, 1.165) is 0 Å². The molecule has 2 aromatic carbocycles. The Morgan fingerprint density at radius 2 is 1.83 bits per heavy atom. The number of aromatic nitrogens is 2. The normalized spacial score (nSPS) is 14.7. The molecule has 0 unspecified atom stereocenters. The van der Waals surface area contributed by atoms with E-state index in [2.05, 4.69) is 25.7 Å². The van der Waals surface area contributed by atoms with Gasteiger partial charge in [-0.2, -0.15) is 4.98 Å². The highest BCUT2D eigenvalue weighted by Crippen LogP contribution is 2.23. The van der Waals surface area contributed by atoms with E-state index in [1.165, 1.54) is 12.1 Å². The summed E-state index contributed by atoms with van der Waals surface area (Å²) in [5, 5.41) is 9.84. The van der Waals surface area contributed by atoms with Crippen LogP contribution in [0.4, 0.5) is 10.1 Å². The number of piperidine rings is 1. The number of benzene rings is 2. The first-order valence-electron chi connectivity index (χ1n) is 11.9. The van der Waals surface area contributed by atoms with E-state index in [1.807, 2.05) is 19.9 Å². The molecule has 1 aliphatic rings. The van der Waals surface area contributed by atoms with Gasteiger partial charge in [-0.05, 0) is 68.2 Å². The number of hydrogen-bond donors (Lipinski definition) is 2. The summed E-state index contributed by atoms with van der Waals surface area (Å²) in [6.07, 6.45) is 1.37. The first-order valence-corrected chi connectivity index (χ1v) is 11.9. The van der Waals surface area contributed by atoms with E-state index < -0.39 is 0 Å². The number of carbonyl (C=O) groups excluding carboxylic acids is 2. The highest BCUT2D eigenvalue weighted by molar-refractivity contribution is 6.04. The fourth-order valence-electron chi connectivity index (χ4n) is 4.00. The first kappa shape index (κ1) is 24.5. The van der Waals surface area contributed by atoms with E-state index >= 15 is 0 Å². The number of rotatable bonds is 8. The van der Waals surface area contributed by atoms with E-state index in [4.69, 9.17) is 4.52 Å². The Morgan fingerprint density at radius 3 is 2.54 bits per heavy atom. The van der Waals surface area contributed by atoms with Crippen molar-refractivity contribution < 1.29 is 18.5 Å². The van der Waals surface area contributed by atoms with Crippen molar-refractivity contribution in [1.29, 1.82) is 0 Å². The van der Waals surface area contributed by atoms with Gasteiger partial charge in [-0.25, -0.2) is 4.39 Å². The van der Waals surface area contributed by atoms with Crippen LogP contribution in [0, 0.1) is 17.7 Å². The molecule has 35 heavy (non-hydrogen) atoms. The molecule has 0 spiro atoms. The molecular formula is C26H30FN5O3. The number of halogens is 1. The van der Waals surface area contributed by atoms with Crippen LogP contribution in [0.3, 0.4) is 0 Å². The first-order chi connectivity index (χ1) is 16.9. The third-order valence-electron chi connectivity index (χ3n) is 5.99. The molecule has 9 heteroatoms. The summed E-state index contributed by atoms with van der Waals surface area (Å²) in [4.78, 5) is 32.0. The summed E-state index contributed by atoms with van der Waals surface area (Å²) in [5.74, 6) is 0.512. The largest absolute Gasteiger partial charge is 0.352 e. The fourth-order valence-corrected chi connectivity index (χ4v) is 4.00. The zero-order valence-corrected chi connectivity index (χ0v) is 20.0. The van der Waals surface area contributed by atoms with Crippen molar-refractivity contribution in [2.24, 2.45) is 11.8 Å². The monoisotopic (exact) mass is 479 g/mol. The third-order valence-corrected chi connectivity index (χ3v) is 5.99. The van der Waals surface area contributed by atoms with Gasteiger partial charge in [-0.3, -0.25) is 14.5 Å². The number of nitrogens with one attached hydrogen (secondary N) is 2. The molecule has 8 nitrogen and oxygen atoms in total. The maximum Gasteiger partial charge on any atom is 0.253 e. The molecule has 0 radical (unpaired) electrons. The molecule has 0 atom stereocenters. The zero-order chi connectivity index (χ0) is 24.8. The molecule has 184 valence electrons. The van der Waals surface area contributed by atoms with Crippen LogP contribution in [0.5, 0.6) is 0 Å². The summed E-state index contributed by atoms with van der Waals surface area (Å²) in [6, 6.07) is 13.0. The van der Waals surface area contributed by atoms with Crippen molar-refractivity contribution in [2.75, 3.05) is 25.0 Å². The maximum atomic E-state index is 13.1. The van der Waals surface area contributed by atoms with Gasteiger partial charge in [0.05, 0.1) is 17.8 Å².